The number of rotatable bonds is 16. The van der Waals surface area contributed by atoms with Gasteiger partial charge in [0.05, 0.1) is 7.11 Å². The highest BCUT2D eigenvalue weighted by molar-refractivity contribution is 6.02. The molecule has 67 heavy (non-hydrogen) atoms. The number of benzene rings is 2. The topological polar surface area (TPSA) is 297 Å². The van der Waals surface area contributed by atoms with Crippen molar-refractivity contribution in [2.24, 2.45) is 5.92 Å². The van der Waals surface area contributed by atoms with Gasteiger partial charge in [-0.1, -0.05) is 50.3 Å². The number of carbonyl (C=O) groups is 9. The van der Waals surface area contributed by atoms with Gasteiger partial charge in [0, 0.05) is 18.4 Å². The maximum Gasteiger partial charge on any atom is 0.328 e. The lowest BCUT2D eigenvalue weighted by Gasteiger charge is -2.30. The molecule has 0 aromatic heterocycles. The van der Waals surface area contributed by atoms with Crippen molar-refractivity contribution in [1.82, 2.24) is 37.2 Å². The largest absolute Gasteiger partial charge is 0.508 e. The molecule has 3 rings (SSSR count). The van der Waals surface area contributed by atoms with Gasteiger partial charge in [0.2, 0.25) is 35.4 Å². The molecule has 0 aliphatic carbocycles. The predicted molar refractivity (Wildman–Crippen MR) is 243 cm³/mol. The van der Waals surface area contributed by atoms with Crippen LogP contribution in [0.4, 0.5) is 0 Å². The summed E-state index contributed by atoms with van der Waals surface area (Å²) in [5.74, 6) is -8.17. The summed E-state index contributed by atoms with van der Waals surface area (Å²) in [6.45, 7) is 10.6. The van der Waals surface area contributed by atoms with Crippen molar-refractivity contribution in [2.45, 2.75) is 129 Å². The Bertz CT molecular complexity index is 2170. The number of amides is 7. The van der Waals surface area contributed by atoms with Gasteiger partial charge in [0.25, 0.3) is 5.91 Å². The Balaban J connectivity index is 2.08. The monoisotopic (exact) mass is 933 g/mol. The standard InChI is InChI=1S/C47H63N7O13/c1-9-26(5)40(58)53-38(25(3)4)45(63)52-36(24-30-16-20-32(56)21-17-30)44(62)54-39-28(7)67-47(65)35(13-11-12-29-14-18-31(55)19-15-29)51-43(61)34(22-23-37(57)66-8)50-42(60)33(10-2)49-41(59)27(6)48-46(39)64/h9-10,14-21,25,27-28,34-36,38-39,55-56H,11-13,22-24H2,1-8H3,(H,48,64)(H,49,59)(H,50,60)(H,51,61)(H,52,63)(H,53,58)(H,54,62)/b26-9+,33-10-/t27-,28+,34+,35-,36+,38-,39-/m0/s1. The van der Waals surface area contributed by atoms with Crippen LogP contribution in [0.1, 0.15) is 85.3 Å². The second-order valence-corrected chi connectivity index (χ2v) is 16.4. The highest BCUT2D eigenvalue weighted by Gasteiger charge is 2.38. The Hall–Kier alpha value is -7.25. The molecule has 20 heteroatoms. The van der Waals surface area contributed by atoms with E-state index in [0.717, 1.165) is 12.7 Å². The number of aryl methyl sites for hydroxylation is 1. The number of cyclic esters (lactones) is 1. The zero-order valence-electron chi connectivity index (χ0n) is 39.0. The van der Waals surface area contributed by atoms with Crippen LogP contribution < -0.4 is 37.2 Å². The molecule has 0 unspecified atom stereocenters. The number of aromatic hydroxyl groups is 2. The molecule has 0 bridgehead atoms. The molecular weight excluding hydrogens is 871 g/mol. The zero-order valence-corrected chi connectivity index (χ0v) is 39.0. The van der Waals surface area contributed by atoms with Crippen LogP contribution in [-0.4, -0.2) is 113 Å². The Morgan fingerprint density at radius 1 is 0.791 bits per heavy atom. The lowest BCUT2D eigenvalue weighted by molar-refractivity contribution is -0.156. The van der Waals surface area contributed by atoms with E-state index in [9.17, 15) is 53.4 Å². The molecule has 1 fully saturated rings. The molecule has 1 aliphatic rings. The van der Waals surface area contributed by atoms with E-state index in [4.69, 9.17) is 9.47 Å². The van der Waals surface area contributed by atoms with E-state index in [1.54, 1.807) is 45.9 Å². The molecule has 0 saturated carbocycles. The van der Waals surface area contributed by atoms with Gasteiger partial charge in [-0.05, 0) is 102 Å². The van der Waals surface area contributed by atoms with Gasteiger partial charge < -0.3 is 56.9 Å². The average Bonchev–Trinajstić information content (AvgIpc) is 3.29. The Labute approximate surface area is 389 Å². The number of allylic oxidation sites excluding steroid dienone is 2. The number of hydrogen-bond acceptors (Lipinski definition) is 13. The number of methoxy groups -OCH3 is 1. The van der Waals surface area contributed by atoms with E-state index in [0.29, 0.717) is 17.6 Å². The maximum absolute atomic E-state index is 14.4. The summed E-state index contributed by atoms with van der Waals surface area (Å²) in [7, 11) is 1.15. The van der Waals surface area contributed by atoms with Gasteiger partial charge in [0.15, 0.2) is 0 Å². The summed E-state index contributed by atoms with van der Waals surface area (Å²) >= 11 is 0. The van der Waals surface area contributed by atoms with E-state index >= 15 is 0 Å². The number of carbonyl (C=O) groups excluding carboxylic acids is 9. The molecule has 364 valence electrons. The summed E-state index contributed by atoms with van der Waals surface area (Å²) in [6, 6.07) is 3.53. The second-order valence-electron chi connectivity index (χ2n) is 16.4. The molecule has 2 aromatic rings. The normalized spacial score (nSPS) is 21.4. The first-order valence-corrected chi connectivity index (χ1v) is 21.9. The summed E-state index contributed by atoms with van der Waals surface area (Å²) in [5, 5.41) is 37.5. The zero-order chi connectivity index (χ0) is 50.0. The van der Waals surface area contributed by atoms with E-state index in [2.05, 4.69) is 37.2 Å². The Morgan fingerprint density at radius 3 is 1.97 bits per heavy atom. The Kier molecular flexibility index (Phi) is 21.0. The third kappa shape index (κ3) is 16.9. The number of hydrogen-bond donors (Lipinski definition) is 9. The van der Waals surface area contributed by atoms with Gasteiger partial charge in [-0.15, -0.1) is 0 Å². The number of phenols is 2. The van der Waals surface area contributed by atoms with Gasteiger partial charge in [-0.2, -0.15) is 0 Å². The average molecular weight is 934 g/mol. The van der Waals surface area contributed by atoms with Crippen LogP contribution in [0, 0.1) is 5.92 Å². The maximum atomic E-state index is 14.4. The van der Waals surface area contributed by atoms with E-state index in [-0.39, 0.29) is 49.3 Å². The first kappa shape index (κ1) is 54.1. The minimum Gasteiger partial charge on any atom is -0.508 e. The predicted octanol–water partition coefficient (Wildman–Crippen LogP) is 1.13. The number of phenolic OH excluding ortho intramolecular Hbond substituents is 2. The first-order chi connectivity index (χ1) is 31.7. The fourth-order valence-corrected chi connectivity index (χ4v) is 6.68. The molecule has 7 amide bonds. The van der Waals surface area contributed by atoms with Crippen LogP contribution in [0.3, 0.4) is 0 Å². The number of ether oxygens (including phenoxy) is 2. The third-order valence-electron chi connectivity index (χ3n) is 10.9. The highest BCUT2D eigenvalue weighted by Crippen LogP contribution is 2.17. The van der Waals surface area contributed by atoms with Crippen molar-refractivity contribution in [3.63, 3.8) is 0 Å². The van der Waals surface area contributed by atoms with Crippen LogP contribution >= 0.6 is 0 Å². The van der Waals surface area contributed by atoms with E-state index < -0.39 is 102 Å². The highest BCUT2D eigenvalue weighted by atomic mass is 16.5. The van der Waals surface area contributed by atoms with Crippen molar-refractivity contribution in [3.05, 3.63) is 83.1 Å². The van der Waals surface area contributed by atoms with Crippen molar-refractivity contribution in [1.29, 1.82) is 0 Å². The fourth-order valence-electron chi connectivity index (χ4n) is 6.68. The summed E-state index contributed by atoms with van der Waals surface area (Å²) < 4.78 is 10.5. The Morgan fingerprint density at radius 2 is 1.40 bits per heavy atom. The second kappa shape index (κ2) is 26.0. The number of esters is 2. The van der Waals surface area contributed by atoms with Crippen LogP contribution in [0.5, 0.6) is 11.5 Å². The lowest BCUT2D eigenvalue weighted by Crippen LogP contribution is -2.62. The minimum atomic E-state index is -1.76. The minimum absolute atomic E-state index is 0.0457. The molecule has 7 atom stereocenters. The molecule has 0 spiro atoms. The smallest absolute Gasteiger partial charge is 0.328 e. The molecule has 2 aromatic carbocycles. The molecule has 1 saturated heterocycles. The molecular formula is C47H63N7O13. The van der Waals surface area contributed by atoms with Crippen LogP contribution in [-0.2, 0) is 65.5 Å². The van der Waals surface area contributed by atoms with Crippen molar-refractivity contribution in [3.8, 4) is 11.5 Å². The molecule has 1 heterocycles. The van der Waals surface area contributed by atoms with Gasteiger partial charge in [0.1, 0.15) is 59.6 Å². The quantitative estimate of drug-likeness (QED) is 0.0844. The van der Waals surface area contributed by atoms with Crippen molar-refractivity contribution in [2.75, 3.05) is 7.11 Å². The molecule has 20 nitrogen and oxygen atoms in total. The molecule has 9 N–H and O–H groups in total. The third-order valence-corrected chi connectivity index (χ3v) is 10.9. The van der Waals surface area contributed by atoms with Crippen molar-refractivity contribution >= 4 is 53.3 Å². The lowest BCUT2D eigenvalue weighted by atomic mass is 10.00. The summed E-state index contributed by atoms with van der Waals surface area (Å²) in [6.07, 6.45) is 1.12. The van der Waals surface area contributed by atoms with E-state index in [1.165, 1.54) is 63.2 Å². The SMILES string of the molecule is C/C=C1\NC(=O)[C@H](C)NC(=O)[C@@H](NC(=O)[C@@H](Cc2ccc(O)cc2)NC(=O)[C@@H](NC(=O)/C(C)=C/C)C(C)C)[C@@H](C)OC(=O)[C@H](CCCc2ccc(O)cc2)NC(=O)[C@@H](CCC(=O)OC)NC1=O. The number of nitrogens with one attached hydrogen (secondary N) is 7. The van der Waals surface area contributed by atoms with Crippen LogP contribution in [0.15, 0.2) is 72.0 Å². The van der Waals surface area contributed by atoms with Crippen LogP contribution in [0.25, 0.3) is 0 Å². The molecule has 0 radical (unpaired) electrons. The fraction of sp³-hybridized carbons (Fsp3) is 0.468. The summed E-state index contributed by atoms with van der Waals surface area (Å²) in [5.41, 5.74) is 1.29. The summed E-state index contributed by atoms with van der Waals surface area (Å²) in [4.78, 5) is 123. The van der Waals surface area contributed by atoms with E-state index in [1.807, 2.05) is 0 Å². The van der Waals surface area contributed by atoms with Crippen LogP contribution in [0.2, 0.25) is 0 Å². The molecule has 1 aliphatic heterocycles. The van der Waals surface area contributed by atoms with Gasteiger partial charge in [-0.25, -0.2) is 4.79 Å². The first-order valence-electron chi connectivity index (χ1n) is 21.9. The van der Waals surface area contributed by atoms with Gasteiger partial charge >= 0.3 is 11.9 Å². The van der Waals surface area contributed by atoms with Crippen molar-refractivity contribution < 1.29 is 62.8 Å². The van der Waals surface area contributed by atoms with Gasteiger partial charge in [-0.3, -0.25) is 38.4 Å².